The van der Waals surface area contributed by atoms with Crippen LogP contribution in [0.1, 0.15) is 10.4 Å². The van der Waals surface area contributed by atoms with Crippen molar-refractivity contribution in [3.8, 4) is 0 Å². The molecule has 1 aromatic carbocycles. The number of nitrogens with zero attached hydrogens (tertiary/aromatic N) is 2. The van der Waals surface area contributed by atoms with E-state index >= 15 is 0 Å². The van der Waals surface area contributed by atoms with E-state index in [9.17, 15) is 9.59 Å². The number of nitrogens with one attached hydrogen (secondary N) is 1. The van der Waals surface area contributed by atoms with Crippen LogP contribution < -0.4 is 0 Å². The highest BCUT2D eigenvalue weighted by molar-refractivity contribution is 6.06. The molecule has 21 heavy (non-hydrogen) atoms. The number of hydrogen-bond donors (Lipinski definition) is 2. The van der Waals surface area contributed by atoms with Crippen molar-refractivity contribution in [3.05, 3.63) is 36.0 Å². The van der Waals surface area contributed by atoms with E-state index in [1.54, 1.807) is 11.1 Å². The molecule has 2 heterocycles. The Kier molecular flexibility index (Phi) is 3.62. The molecule has 0 unspecified atom stereocenters. The van der Waals surface area contributed by atoms with Gasteiger partial charge in [0.25, 0.3) is 5.91 Å². The van der Waals surface area contributed by atoms with E-state index in [0.29, 0.717) is 31.7 Å². The van der Waals surface area contributed by atoms with Crippen LogP contribution in [0.5, 0.6) is 0 Å². The smallest absolute Gasteiger partial charge is 0.317 e. The summed E-state index contributed by atoms with van der Waals surface area (Å²) < 4.78 is 0. The zero-order valence-electron chi connectivity index (χ0n) is 11.6. The van der Waals surface area contributed by atoms with Gasteiger partial charge in [-0.15, -0.1) is 0 Å². The fourth-order valence-electron chi connectivity index (χ4n) is 2.72. The van der Waals surface area contributed by atoms with E-state index in [1.165, 1.54) is 0 Å². The van der Waals surface area contributed by atoms with Crippen LogP contribution in [0, 0.1) is 0 Å². The molecule has 1 amide bonds. The number of aromatic nitrogens is 1. The zero-order chi connectivity index (χ0) is 14.8. The Morgan fingerprint density at radius 1 is 1.14 bits per heavy atom. The monoisotopic (exact) mass is 287 g/mol. The van der Waals surface area contributed by atoms with Gasteiger partial charge in [-0.25, -0.2) is 0 Å². The molecule has 1 aromatic heterocycles. The normalized spacial score (nSPS) is 16.3. The quantitative estimate of drug-likeness (QED) is 0.883. The number of amides is 1. The number of fused-ring (bicyclic) bond motifs is 1. The third kappa shape index (κ3) is 2.75. The van der Waals surface area contributed by atoms with Crippen molar-refractivity contribution in [3.63, 3.8) is 0 Å². The molecule has 1 fully saturated rings. The number of carbonyl (C=O) groups is 2. The Hall–Kier alpha value is -2.34. The Bertz CT molecular complexity index is 672. The molecular weight excluding hydrogens is 270 g/mol. The Morgan fingerprint density at radius 2 is 1.86 bits per heavy atom. The van der Waals surface area contributed by atoms with Crippen LogP contribution in [0.3, 0.4) is 0 Å². The molecule has 2 N–H and O–H groups in total. The minimum absolute atomic E-state index is 0.00225. The molecule has 1 aliphatic heterocycles. The molecule has 6 heteroatoms. The third-order valence-corrected chi connectivity index (χ3v) is 3.84. The molecule has 3 rings (SSSR count). The summed E-state index contributed by atoms with van der Waals surface area (Å²) in [6, 6.07) is 7.71. The Morgan fingerprint density at radius 3 is 2.57 bits per heavy atom. The molecule has 1 saturated heterocycles. The lowest BCUT2D eigenvalue weighted by Crippen LogP contribution is -2.49. The molecule has 0 saturated carbocycles. The van der Waals surface area contributed by atoms with Gasteiger partial charge in [0.15, 0.2) is 0 Å². The first-order valence-electron chi connectivity index (χ1n) is 6.94. The first-order valence-corrected chi connectivity index (χ1v) is 6.94. The van der Waals surface area contributed by atoms with Crippen molar-refractivity contribution < 1.29 is 14.7 Å². The highest BCUT2D eigenvalue weighted by Gasteiger charge is 2.24. The fraction of sp³-hybridized carbons (Fsp3) is 0.333. The van der Waals surface area contributed by atoms with E-state index in [2.05, 4.69) is 4.98 Å². The summed E-state index contributed by atoms with van der Waals surface area (Å²) in [5.41, 5.74) is 1.63. The van der Waals surface area contributed by atoms with Gasteiger partial charge in [0, 0.05) is 43.3 Å². The average Bonchev–Trinajstić information content (AvgIpc) is 2.90. The maximum absolute atomic E-state index is 12.6. The van der Waals surface area contributed by atoms with Gasteiger partial charge in [-0.05, 0) is 6.07 Å². The number of piperazine rings is 1. The van der Waals surface area contributed by atoms with Gasteiger partial charge in [-0.3, -0.25) is 14.5 Å². The number of H-pyrrole nitrogens is 1. The summed E-state index contributed by atoms with van der Waals surface area (Å²) >= 11 is 0. The number of carboxylic acid groups (broad SMARTS) is 1. The van der Waals surface area contributed by atoms with E-state index < -0.39 is 5.97 Å². The number of rotatable bonds is 3. The van der Waals surface area contributed by atoms with Crippen LogP contribution in [-0.4, -0.2) is 64.5 Å². The fourth-order valence-corrected chi connectivity index (χ4v) is 2.72. The van der Waals surface area contributed by atoms with Crippen molar-refractivity contribution in [2.24, 2.45) is 0 Å². The first kappa shape index (κ1) is 13.6. The Balaban J connectivity index is 1.71. The lowest BCUT2D eigenvalue weighted by atomic mass is 10.1. The number of hydrogen-bond acceptors (Lipinski definition) is 3. The number of carbonyl (C=O) groups excluding carboxylic acids is 1. The van der Waals surface area contributed by atoms with Crippen molar-refractivity contribution in [1.82, 2.24) is 14.8 Å². The predicted octanol–water partition coefficient (Wildman–Crippen LogP) is 1.01. The van der Waals surface area contributed by atoms with Crippen LogP contribution in [0.15, 0.2) is 30.5 Å². The summed E-state index contributed by atoms with van der Waals surface area (Å²) in [4.78, 5) is 30.0. The number of aromatic amines is 1. The second-order valence-corrected chi connectivity index (χ2v) is 5.21. The number of aliphatic carboxylic acids is 1. The molecule has 6 nitrogen and oxygen atoms in total. The molecule has 0 spiro atoms. The molecule has 0 atom stereocenters. The summed E-state index contributed by atoms with van der Waals surface area (Å²) in [5.74, 6) is -0.825. The van der Waals surface area contributed by atoms with E-state index in [4.69, 9.17) is 5.11 Å². The summed E-state index contributed by atoms with van der Waals surface area (Å²) in [6.45, 7) is 2.35. The number of para-hydroxylation sites is 1. The maximum Gasteiger partial charge on any atom is 0.317 e. The maximum atomic E-state index is 12.6. The van der Waals surface area contributed by atoms with Gasteiger partial charge in [-0.2, -0.15) is 0 Å². The third-order valence-electron chi connectivity index (χ3n) is 3.84. The second-order valence-electron chi connectivity index (χ2n) is 5.21. The highest BCUT2D eigenvalue weighted by atomic mass is 16.4. The lowest BCUT2D eigenvalue weighted by molar-refractivity contribution is -0.138. The van der Waals surface area contributed by atoms with Crippen LogP contribution in [0.25, 0.3) is 10.9 Å². The van der Waals surface area contributed by atoms with Gasteiger partial charge in [0.05, 0.1) is 12.1 Å². The second kappa shape index (κ2) is 5.57. The lowest BCUT2D eigenvalue weighted by Gasteiger charge is -2.33. The molecule has 110 valence electrons. The summed E-state index contributed by atoms with van der Waals surface area (Å²) in [6.07, 6.45) is 1.75. The highest BCUT2D eigenvalue weighted by Crippen LogP contribution is 2.20. The predicted molar refractivity (Wildman–Crippen MR) is 78.3 cm³/mol. The van der Waals surface area contributed by atoms with Gasteiger partial charge in [0.2, 0.25) is 0 Å². The van der Waals surface area contributed by atoms with Crippen LogP contribution in [-0.2, 0) is 4.79 Å². The van der Waals surface area contributed by atoms with Crippen molar-refractivity contribution in [2.75, 3.05) is 32.7 Å². The SMILES string of the molecule is O=C(O)CN1CCN(C(=O)c2c[nH]c3ccccc23)CC1. The molecule has 2 aromatic rings. The summed E-state index contributed by atoms with van der Waals surface area (Å²) in [5, 5.41) is 9.71. The minimum atomic E-state index is -0.827. The largest absolute Gasteiger partial charge is 0.480 e. The van der Waals surface area contributed by atoms with Crippen LogP contribution >= 0.6 is 0 Å². The van der Waals surface area contributed by atoms with Crippen LogP contribution in [0.2, 0.25) is 0 Å². The van der Waals surface area contributed by atoms with Gasteiger partial charge >= 0.3 is 5.97 Å². The molecule has 0 aliphatic carbocycles. The van der Waals surface area contributed by atoms with Crippen molar-refractivity contribution in [1.29, 1.82) is 0 Å². The van der Waals surface area contributed by atoms with Gasteiger partial charge in [-0.1, -0.05) is 18.2 Å². The zero-order valence-corrected chi connectivity index (χ0v) is 11.6. The van der Waals surface area contributed by atoms with Crippen molar-refractivity contribution >= 4 is 22.8 Å². The standard InChI is InChI=1S/C15H17N3O3/c19-14(20)10-17-5-7-18(8-6-17)15(21)12-9-16-13-4-2-1-3-11(12)13/h1-4,9,16H,5-8,10H2,(H,19,20). The first-order chi connectivity index (χ1) is 10.1. The van der Waals surface area contributed by atoms with E-state index in [1.807, 2.05) is 29.2 Å². The molecule has 1 aliphatic rings. The van der Waals surface area contributed by atoms with Crippen molar-refractivity contribution in [2.45, 2.75) is 0 Å². The minimum Gasteiger partial charge on any atom is -0.480 e. The average molecular weight is 287 g/mol. The molecular formula is C15H17N3O3. The van der Waals surface area contributed by atoms with Gasteiger partial charge < -0.3 is 15.0 Å². The van der Waals surface area contributed by atoms with Gasteiger partial charge in [0.1, 0.15) is 0 Å². The van der Waals surface area contributed by atoms with E-state index in [-0.39, 0.29) is 12.5 Å². The molecule has 0 radical (unpaired) electrons. The number of benzene rings is 1. The topological polar surface area (TPSA) is 76.6 Å². The van der Waals surface area contributed by atoms with Crippen LogP contribution in [0.4, 0.5) is 0 Å². The number of carboxylic acids is 1. The molecule has 0 bridgehead atoms. The Labute approximate surface area is 122 Å². The summed E-state index contributed by atoms with van der Waals surface area (Å²) in [7, 11) is 0. The van der Waals surface area contributed by atoms with E-state index in [0.717, 1.165) is 10.9 Å².